The van der Waals surface area contributed by atoms with E-state index >= 15 is 0 Å². The highest BCUT2D eigenvalue weighted by atomic mass is 15.5. The largest absolute Gasteiger partial charge is 0.330 e. The highest BCUT2D eigenvalue weighted by Crippen LogP contribution is 2.29. The molecule has 0 bridgehead atoms. The molecule has 1 aliphatic rings. The van der Waals surface area contributed by atoms with E-state index in [-0.39, 0.29) is 0 Å². The van der Waals surface area contributed by atoms with Crippen molar-refractivity contribution in [1.29, 1.82) is 0 Å². The second-order valence-corrected chi connectivity index (χ2v) is 5.87. The van der Waals surface area contributed by atoms with Crippen molar-refractivity contribution in [3.05, 3.63) is 42.2 Å². The Labute approximate surface area is 125 Å². The molecule has 0 radical (unpaired) electrons. The van der Waals surface area contributed by atoms with Crippen molar-refractivity contribution in [2.45, 2.75) is 31.8 Å². The lowest BCUT2D eigenvalue weighted by Gasteiger charge is -2.28. The molecule has 2 atom stereocenters. The Morgan fingerprint density at radius 2 is 2.10 bits per heavy atom. The predicted molar refractivity (Wildman–Crippen MR) is 83.0 cm³/mol. The van der Waals surface area contributed by atoms with E-state index in [0.717, 1.165) is 24.5 Å². The van der Waals surface area contributed by atoms with Crippen molar-refractivity contribution in [2.24, 2.45) is 11.7 Å². The number of nitrogens with zero attached hydrogens (tertiary/aromatic N) is 4. The van der Waals surface area contributed by atoms with Crippen LogP contribution in [0.2, 0.25) is 0 Å². The number of nitrogens with two attached hydrogens (primary N) is 1. The molecule has 2 aromatic rings. The third kappa shape index (κ3) is 3.14. The molecule has 21 heavy (non-hydrogen) atoms. The molecule has 112 valence electrons. The van der Waals surface area contributed by atoms with Crippen LogP contribution in [-0.4, -0.2) is 39.5 Å². The Morgan fingerprint density at radius 3 is 2.86 bits per heavy atom. The van der Waals surface area contributed by atoms with Gasteiger partial charge in [-0.15, -0.1) is 0 Å². The average Bonchev–Trinajstić information content (AvgIpc) is 3.16. The summed E-state index contributed by atoms with van der Waals surface area (Å²) in [6, 6.07) is 10.6. The van der Waals surface area contributed by atoms with Crippen LogP contribution in [0.25, 0.3) is 5.69 Å². The molecule has 3 rings (SSSR count). The third-order valence-corrected chi connectivity index (χ3v) is 4.43. The fourth-order valence-electron chi connectivity index (χ4n) is 3.30. The van der Waals surface area contributed by atoms with Crippen molar-refractivity contribution < 1.29 is 0 Å². The molecule has 1 aliphatic carbocycles. The monoisotopic (exact) mass is 285 g/mol. The van der Waals surface area contributed by atoms with E-state index < -0.39 is 0 Å². The van der Waals surface area contributed by atoms with Crippen molar-refractivity contribution in [3.63, 3.8) is 0 Å². The lowest BCUT2D eigenvalue weighted by Crippen LogP contribution is -2.37. The van der Waals surface area contributed by atoms with E-state index in [0.29, 0.717) is 12.0 Å². The molecule has 1 aromatic heterocycles. The molecule has 1 aromatic carbocycles. The highest BCUT2D eigenvalue weighted by molar-refractivity contribution is 5.28. The number of benzene rings is 1. The quantitative estimate of drug-likeness (QED) is 0.910. The van der Waals surface area contributed by atoms with Gasteiger partial charge in [-0.2, -0.15) is 15.0 Å². The summed E-state index contributed by atoms with van der Waals surface area (Å²) in [5.74, 6) is 0.624. The summed E-state index contributed by atoms with van der Waals surface area (Å²) in [4.78, 5) is 4.07. The number of aromatic nitrogens is 3. The first-order chi connectivity index (χ1) is 10.3. The van der Waals surface area contributed by atoms with E-state index in [1.54, 1.807) is 4.80 Å². The Balaban J connectivity index is 1.67. The van der Waals surface area contributed by atoms with Gasteiger partial charge in [-0.25, -0.2) is 0 Å². The molecule has 1 fully saturated rings. The third-order valence-electron chi connectivity index (χ3n) is 4.43. The molecule has 1 heterocycles. The lowest BCUT2D eigenvalue weighted by molar-refractivity contribution is 0.190. The molecule has 2 unspecified atom stereocenters. The Morgan fingerprint density at radius 1 is 1.29 bits per heavy atom. The van der Waals surface area contributed by atoms with E-state index in [1.165, 1.54) is 19.3 Å². The van der Waals surface area contributed by atoms with Gasteiger partial charge in [0.05, 0.1) is 17.6 Å². The van der Waals surface area contributed by atoms with Crippen LogP contribution in [0, 0.1) is 5.92 Å². The minimum absolute atomic E-state index is 0.580. The fourth-order valence-corrected chi connectivity index (χ4v) is 3.30. The number of rotatable bonds is 5. The molecule has 5 heteroatoms. The predicted octanol–water partition coefficient (Wildman–Crippen LogP) is 1.83. The minimum Gasteiger partial charge on any atom is -0.330 e. The van der Waals surface area contributed by atoms with Crippen molar-refractivity contribution >= 4 is 0 Å². The first kappa shape index (κ1) is 14.2. The van der Waals surface area contributed by atoms with Crippen molar-refractivity contribution in [3.8, 4) is 5.69 Å². The summed E-state index contributed by atoms with van der Waals surface area (Å²) < 4.78 is 0. The first-order valence-corrected chi connectivity index (χ1v) is 7.65. The average molecular weight is 285 g/mol. The summed E-state index contributed by atoms with van der Waals surface area (Å²) in [6.45, 7) is 1.61. The number of para-hydroxylation sites is 1. The second-order valence-electron chi connectivity index (χ2n) is 5.87. The summed E-state index contributed by atoms with van der Waals surface area (Å²) in [5, 5.41) is 8.93. The first-order valence-electron chi connectivity index (χ1n) is 7.65. The van der Waals surface area contributed by atoms with Crippen LogP contribution in [0.5, 0.6) is 0 Å². The zero-order chi connectivity index (χ0) is 14.7. The smallest absolute Gasteiger partial charge is 0.0971 e. The Hall–Kier alpha value is -1.72. The molecule has 2 N–H and O–H groups in total. The Kier molecular flexibility index (Phi) is 4.31. The zero-order valence-corrected chi connectivity index (χ0v) is 12.5. The van der Waals surface area contributed by atoms with Crippen molar-refractivity contribution in [2.75, 3.05) is 13.6 Å². The summed E-state index contributed by atoms with van der Waals surface area (Å²) >= 11 is 0. The van der Waals surface area contributed by atoms with Crippen LogP contribution >= 0.6 is 0 Å². The number of hydrogen-bond donors (Lipinski definition) is 1. The van der Waals surface area contributed by atoms with Crippen LogP contribution < -0.4 is 5.73 Å². The molecule has 0 saturated heterocycles. The van der Waals surface area contributed by atoms with E-state index in [9.17, 15) is 0 Å². The van der Waals surface area contributed by atoms with Gasteiger partial charge in [-0.1, -0.05) is 24.6 Å². The van der Waals surface area contributed by atoms with Gasteiger partial charge in [-0.3, -0.25) is 4.90 Å². The molecule has 5 nitrogen and oxygen atoms in total. The molecule has 1 saturated carbocycles. The van der Waals surface area contributed by atoms with Gasteiger partial charge in [0, 0.05) is 12.6 Å². The van der Waals surface area contributed by atoms with Gasteiger partial charge in [0.1, 0.15) is 0 Å². The van der Waals surface area contributed by atoms with Gasteiger partial charge >= 0.3 is 0 Å². The van der Waals surface area contributed by atoms with Crippen molar-refractivity contribution in [1.82, 2.24) is 19.9 Å². The molecular weight excluding hydrogens is 262 g/mol. The maximum atomic E-state index is 5.88. The summed E-state index contributed by atoms with van der Waals surface area (Å²) in [7, 11) is 2.17. The maximum Gasteiger partial charge on any atom is 0.0971 e. The molecular formula is C16H23N5. The lowest BCUT2D eigenvalue weighted by atomic mass is 10.0. The van der Waals surface area contributed by atoms with Gasteiger partial charge < -0.3 is 5.73 Å². The van der Waals surface area contributed by atoms with Gasteiger partial charge in [0.25, 0.3) is 0 Å². The molecule has 0 spiro atoms. The topological polar surface area (TPSA) is 60.0 Å². The minimum atomic E-state index is 0.580. The van der Waals surface area contributed by atoms with Crippen LogP contribution in [0.1, 0.15) is 25.0 Å². The van der Waals surface area contributed by atoms with Gasteiger partial charge in [-0.05, 0) is 44.5 Å². The second kappa shape index (κ2) is 6.37. The molecule has 0 amide bonds. The SMILES string of the molecule is CN(Cc1cnn(-c2ccccc2)n1)C1CCCC1CN. The summed E-state index contributed by atoms with van der Waals surface area (Å²) in [6.07, 6.45) is 5.64. The standard InChI is InChI=1S/C16H23N5/c1-20(16-9-5-6-13(16)10-17)12-14-11-18-21(19-14)15-7-3-2-4-8-15/h2-4,7-8,11,13,16H,5-6,9-10,12,17H2,1H3. The fraction of sp³-hybridized carbons (Fsp3) is 0.500. The van der Waals surface area contributed by atoms with E-state index in [4.69, 9.17) is 5.73 Å². The van der Waals surface area contributed by atoms with Crippen LogP contribution in [0.4, 0.5) is 0 Å². The van der Waals surface area contributed by atoms with Crippen LogP contribution in [-0.2, 0) is 6.54 Å². The van der Waals surface area contributed by atoms with E-state index in [2.05, 4.69) is 22.1 Å². The number of hydrogen-bond acceptors (Lipinski definition) is 4. The normalized spacial score (nSPS) is 22.0. The Bertz CT molecular complexity index is 565. The van der Waals surface area contributed by atoms with E-state index in [1.807, 2.05) is 36.5 Å². The van der Waals surface area contributed by atoms with Crippen LogP contribution in [0.3, 0.4) is 0 Å². The van der Waals surface area contributed by atoms with Crippen LogP contribution in [0.15, 0.2) is 36.5 Å². The zero-order valence-electron chi connectivity index (χ0n) is 12.5. The van der Waals surface area contributed by atoms with Gasteiger partial charge in [0.15, 0.2) is 0 Å². The van der Waals surface area contributed by atoms with Gasteiger partial charge in [0.2, 0.25) is 0 Å². The molecule has 0 aliphatic heterocycles. The summed E-state index contributed by atoms with van der Waals surface area (Å²) in [5.41, 5.74) is 7.87. The highest BCUT2D eigenvalue weighted by Gasteiger charge is 2.29. The maximum absolute atomic E-state index is 5.88.